The highest BCUT2D eigenvalue weighted by atomic mass is 15.1. The van der Waals surface area contributed by atoms with E-state index in [9.17, 15) is 0 Å². The third-order valence-corrected chi connectivity index (χ3v) is 4.47. The number of piperidine rings is 1. The lowest BCUT2D eigenvalue weighted by atomic mass is 10.1. The number of likely N-dealkylation sites (tertiary alicyclic amines) is 1. The maximum Gasteiger partial charge on any atom is 0.0488 e. The zero-order chi connectivity index (χ0) is 14.1. The first-order chi connectivity index (χ1) is 9.65. The van der Waals surface area contributed by atoms with E-state index in [1.165, 1.54) is 54.4 Å². The molecular weight excluding hydrogens is 244 g/mol. The number of hydrogen-bond donors (Lipinski definition) is 0. The molecule has 0 N–H and O–H groups in total. The Morgan fingerprint density at radius 2 is 1.85 bits per heavy atom. The van der Waals surface area contributed by atoms with Crippen LogP contribution >= 0.6 is 0 Å². The van der Waals surface area contributed by atoms with Gasteiger partial charge in [0.05, 0.1) is 0 Å². The van der Waals surface area contributed by atoms with E-state index in [2.05, 4.69) is 54.6 Å². The van der Waals surface area contributed by atoms with Gasteiger partial charge in [-0.15, -0.1) is 0 Å². The summed E-state index contributed by atoms with van der Waals surface area (Å²) in [6, 6.07) is 7.40. The first-order valence-electron chi connectivity index (χ1n) is 7.97. The van der Waals surface area contributed by atoms with E-state index in [0.717, 1.165) is 6.54 Å². The lowest BCUT2D eigenvalue weighted by Crippen LogP contribution is -2.28. The van der Waals surface area contributed by atoms with Gasteiger partial charge in [0.1, 0.15) is 0 Å². The van der Waals surface area contributed by atoms with Crippen LogP contribution in [0.15, 0.2) is 24.4 Å². The van der Waals surface area contributed by atoms with Gasteiger partial charge in [0.25, 0.3) is 0 Å². The Kier molecular flexibility index (Phi) is 3.84. The second kappa shape index (κ2) is 5.61. The molecule has 20 heavy (non-hydrogen) atoms. The van der Waals surface area contributed by atoms with Crippen LogP contribution < -0.4 is 0 Å². The highest BCUT2D eigenvalue weighted by Gasteiger charge is 2.15. The predicted octanol–water partition coefficient (Wildman–Crippen LogP) is 4.52. The Bertz CT molecular complexity index is 589. The molecule has 2 heteroatoms. The molecule has 0 bridgehead atoms. The number of aryl methyl sites for hydroxylation is 1. The molecule has 2 heterocycles. The Labute approximate surface area is 122 Å². The third-order valence-electron chi connectivity index (χ3n) is 4.47. The summed E-state index contributed by atoms with van der Waals surface area (Å²) in [6.45, 7) is 10.4. The summed E-state index contributed by atoms with van der Waals surface area (Å²) in [5.41, 5.74) is 4.24. The van der Waals surface area contributed by atoms with Gasteiger partial charge in [-0.2, -0.15) is 0 Å². The van der Waals surface area contributed by atoms with Crippen molar-refractivity contribution in [3.63, 3.8) is 0 Å². The molecule has 0 saturated carbocycles. The van der Waals surface area contributed by atoms with Gasteiger partial charge in [-0.05, 0) is 63.9 Å². The summed E-state index contributed by atoms with van der Waals surface area (Å²) in [5, 5.41) is 1.44. The van der Waals surface area contributed by atoms with Crippen LogP contribution in [0.25, 0.3) is 10.9 Å². The molecule has 1 aromatic heterocycles. The van der Waals surface area contributed by atoms with Gasteiger partial charge in [-0.25, -0.2) is 0 Å². The predicted molar refractivity (Wildman–Crippen MR) is 86.2 cm³/mol. The van der Waals surface area contributed by atoms with E-state index in [-0.39, 0.29) is 0 Å². The van der Waals surface area contributed by atoms with E-state index in [1.54, 1.807) is 0 Å². The quantitative estimate of drug-likeness (QED) is 0.796. The van der Waals surface area contributed by atoms with Crippen LogP contribution in [-0.4, -0.2) is 22.6 Å². The van der Waals surface area contributed by atoms with Crippen LogP contribution in [0, 0.1) is 6.92 Å². The van der Waals surface area contributed by atoms with Gasteiger partial charge < -0.3 is 4.57 Å². The minimum Gasteiger partial charge on any atom is -0.345 e. The number of nitrogens with zero attached hydrogens (tertiary/aromatic N) is 2. The van der Waals surface area contributed by atoms with Crippen molar-refractivity contribution in [3.8, 4) is 0 Å². The number of hydrogen-bond acceptors (Lipinski definition) is 1. The molecule has 1 fully saturated rings. The maximum absolute atomic E-state index is 2.61. The molecule has 0 atom stereocenters. The fourth-order valence-corrected chi connectivity index (χ4v) is 3.35. The van der Waals surface area contributed by atoms with Crippen molar-refractivity contribution < 1.29 is 0 Å². The van der Waals surface area contributed by atoms with Crippen molar-refractivity contribution in [2.45, 2.75) is 52.6 Å². The minimum atomic E-state index is 0.523. The molecule has 1 aliphatic heterocycles. The molecule has 0 radical (unpaired) electrons. The Morgan fingerprint density at radius 3 is 2.55 bits per heavy atom. The summed E-state index contributed by atoms with van der Waals surface area (Å²) in [5.74, 6) is 0. The fraction of sp³-hybridized carbons (Fsp3) is 0.556. The highest BCUT2D eigenvalue weighted by molar-refractivity contribution is 5.84. The van der Waals surface area contributed by atoms with Crippen molar-refractivity contribution in [2.24, 2.45) is 0 Å². The maximum atomic E-state index is 2.61. The molecule has 1 saturated heterocycles. The van der Waals surface area contributed by atoms with Crippen molar-refractivity contribution in [1.82, 2.24) is 9.47 Å². The molecule has 108 valence electrons. The largest absolute Gasteiger partial charge is 0.345 e. The topological polar surface area (TPSA) is 8.17 Å². The molecule has 2 aromatic rings. The van der Waals surface area contributed by atoms with E-state index >= 15 is 0 Å². The SMILES string of the molecule is Cc1ccc2c(CN3CCCCC3)cn(C(C)C)c2c1. The van der Waals surface area contributed by atoms with Gasteiger partial charge in [0, 0.05) is 29.7 Å². The number of fused-ring (bicyclic) bond motifs is 1. The zero-order valence-corrected chi connectivity index (χ0v) is 13.0. The number of benzene rings is 1. The summed E-state index contributed by atoms with van der Waals surface area (Å²) in [6.07, 6.45) is 6.51. The fourth-order valence-electron chi connectivity index (χ4n) is 3.35. The van der Waals surface area contributed by atoms with Crippen LogP contribution in [-0.2, 0) is 6.54 Å². The Balaban J connectivity index is 1.97. The summed E-state index contributed by atoms with van der Waals surface area (Å²) < 4.78 is 2.43. The molecule has 0 aliphatic carbocycles. The van der Waals surface area contributed by atoms with Crippen LogP contribution in [0.1, 0.15) is 50.3 Å². The Morgan fingerprint density at radius 1 is 1.10 bits per heavy atom. The standard InChI is InChI=1S/C18H26N2/c1-14(2)20-13-16(12-19-9-5-4-6-10-19)17-8-7-15(3)11-18(17)20/h7-8,11,13-14H,4-6,9-10,12H2,1-3H3. The first kappa shape index (κ1) is 13.7. The average Bonchev–Trinajstić information content (AvgIpc) is 2.78. The lowest BCUT2D eigenvalue weighted by molar-refractivity contribution is 0.221. The van der Waals surface area contributed by atoms with Crippen molar-refractivity contribution in [2.75, 3.05) is 13.1 Å². The van der Waals surface area contributed by atoms with E-state index in [0.29, 0.717) is 6.04 Å². The molecule has 1 aliphatic rings. The summed E-state index contributed by atoms with van der Waals surface area (Å²) in [7, 11) is 0. The van der Waals surface area contributed by atoms with Crippen LogP contribution in [0.2, 0.25) is 0 Å². The molecule has 1 aromatic carbocycles. The van der Waals surface area contributed by atoms with Crippen LogP contribution in [0.5, 0.6) is 0 Å². The van der Waals surface area contributed by atoms with Gasteiger partial charge in [0.2, 0.25) is 0 Å². The van der Waals surface area contributed by atoms with E-state index in [1.807, 2.05) is 0 Å². The highest BCUT2D eigenvalue weighted by Crippen LogP contribution is 2.27. The van der Waals surface area contributed by atoms with Crippen LogP contribution in [0.3, 0.4) is 0 Å². The van der Waals surface area contributed by atoms with Crippen molar-refractivity contribution in [3.05, 3.63) is 35.5 Å². The molecule has 3 rings (SSSR count). The molecule has 0 unspecified atom stereocenters. The second-order valence-electron chi connectivity index (χ2n) is 6.51. The lowest BCUT2D eigenvalue weighted by Gasteiger charge is -2.26. The minimum absolute atomic E-state index is 0.523. The normalized spacial score (nSPS) is 17.2. The van der Waals surface area contributed by atoms with Gasteiger partial charge in [-0.1, -0.05) is 18.6 Å². The summed E-state index contributed by atoms with van der Waals surface area (Å²) >= 11 is 0. The van der Waals surface area contributed by atoms with Gasteiger partial charge in [-0.3, -0.25) is 4.90 Å². The number of aromatic nitrogens is 1. The first-order valence-corrected chi connectivity index (χ1v) is 7.97. The number of rotatable bonds is 3. The molecule has 0 spiro atoms. The Hall–Kier alpha value is -1.28. The monoisotopic (exact) mass is 270 g/mol. The molecule has 0 amide bonds. The third kappa shape index (κ3) is 2.62. The van der Waals surface area contributed by atoms with Gasteiger partial charge in [0.15, 0.2) is 0 Å². The summed E-state index contributed by atoms with van der Waals surface area (Å²) in [4.78, 5) is 2.61. The van der Waals surface area contributed by atoms with Gasteiger partial charge >= 0.3 is 0 Å². The second-order valence-corrected chi connectivity index (χ2v) is 6.51. The van der Waals surface area contributed by atoms with Crippen LogP contribution in [0.4, 0.5) is 0 Å². The smallest absolute Gasteiger partial charge is 0.0488 e. The van der Waals surface area contributed by atoms with Crippen molar-refractivity contribution in [1.29, 1.82) is 0 Å². The van der Waals surface area contributed by atoms with Crippen molar-refractivity contribution >= 4 is 10.9 Å². The zero-order valence-electron chi connectivity index (χ0n) is 13.0. The average molecular weight is 270 g/mol. The van der Waals surface area contributed by atoms with E-state index in [4.69, 9.17) is 0 Å². The molecular formula is C18H26N2. The molecule has 2 nitrogen and oxygen atoms in total. The van der Waals surface area contributed by atoms with E-state index < -0.39 is 0 Å².